The smallest absolute Gasteiger partial charge is 0.377 e. The molecule has 0 aromatic rings. The summed E-state index contributed by atoms with van der Waals surface area (Å²) in [5.41, 5.74) is 5.60. The zero-order valence-corrected chi connectivity index (χ0v) is 13.7. The van der Waals surface area contributed by atoms with E-state index in [4.69, 9.17) is 19.0 Å². The summed E-state index contributed by atoms with van der Waals surface area (Å²) in [6.07, 6.45) is 11.4. The van der Waals surface area contributed by atoms with Crippen molar-refractivity contribution < 1.29 is 13.3 Å². The average Bonchev–Trinajstić information content (AvgIpc) is 2.57. The molecule has 2 N–H and O–H groups in total. The lowest BCUT2D eigenvalue weighted by molar-refractivity contribution is 0.0454. The fraction of sp³-hybridized carbons (Fsp3) is 1.00. The second-order valence-corrected chi connectivity index (χ2v) is 8.34. The molecule has 4 nitrogen and oxygen atoms in total. The zero-order valence-electron chi connectivity index (χ0n) is 12.7. The van der Waals surface area contributed by atoms with E-state index in [0.717, 1.165) is 25.3 Å². The third-order valence-corrected chi connectivity index (χ3v) is 6.86. The van der Waals surface area contributed by atoms with Gasteiger partial charge in [-0.25, -0.2) is 0 Å². The van der Waals surface area contributed by atoms with Gasteiger partial charge in [0.1, 0.15) is 0 Å². The highest BCUT2D eigenvalue weighted by atomic mass is 28.4. The van der Waals surface area contributed by atoms with Crippen LogP contribution in [0.2, 0.25) is 6.04 Å². The molecule has 0 spiro atoms. The Morgan fingerprint density at radius 2 is 1.47 bits per heavy atom. The van der Waals surface area contributed by atoms with Gasteiger partial charge >= 0.3 is 8.80 Å². The van der Waals surface area contributed by atoms with Crippen LogP contribution in [0.1, 0.15) is 57.8 Å². The summed E-state index contributed by atoms with van der Waals surface area (Å²) in [6, 6.07) is 0.826. The van der Waals surface area contributed by atoms with Gasteiger partial charge < -0.3 is 19.0 Å². The van der Waals surface area contributed by atoms with Gasteiger partial charge in [-0.2, -0.15) is 0 Å². The van der Waals surface area contributed by atoms with Crippen molar-refractivity contribution in [1.82, 2.24) is 0 Å². The molecule has 0 radical (unpaired) electrons. The third kappa shape index (κ3) is 6.36. The highest BCUT2D eigenvalue weighted by Crippen LogP contribution is 2.25. The van der Waals surface area contributed by atoms with Crippen LogP contribution in [0, 0.1) is 0 Å². The Labute approximate surface area is 119 Å². The van der Waals surface area contributed by atoms with Crippen molar-refractivity contribution in [3.63, 3.8) is 0 Å². The Bertz CT molecular complexity index is 215. The van der Waals surface area contributed by atoms with E-state index >= 15 is 0 Å². The fourth-order valence-corrected chi connectivity index (χ4v) is 4.99. The predicted molar refractivity (Wildman–Crippen MR) is 80.1 cm³/mol. The summed E-state index contributed by atoms with van der Waals surface area (Å²) in [4.78, 5) is 0. The molecule has 114 valence electrons. The van der Waals surface area contributed by atoms with E-state index in [0.29, 0.717) is 12.6 Å². The molecule has 0 heterocycles. The standard InChI is InChI=1S/C14H31NO3Si/c1-16-19(17-2,13-9-12-15)18-14-10-7-5-3-4-6-8-11-14/h14H,3-13,15H2,1-2H3. The topological polar surface area (TPSA) is 53.7 Å². The number of rotatable bonds is 7. The van der Waals surface area contributed by atoms with Gasteiger partial charge in [0.2, 0.25) is 0 Å². The molecule has 1 aliphatic carbocycles. The molecular weight excluding hydrogens is 258 g/mol. The third-order valence-electron chi connectivity index (χ3n) is 3.96. The second kappa shape index (κ2) is 9.88. The molecule has 1 aliphatic rings. The lowest BCUT2D eigenvalue weighted by Crippen LogP contribution is -2.47. The van der Waals surface area contributed by atoms with E-state index in [9.17, 15) is 0 Å². The number of hydrogen-bond acceptors (Lipinski definition) is 4. The van der Waals surface area contributed by atoms with Crippen molar-refractivity contribution in [1.29, 1.82) is 0 Å². The van der Waals surface area contributed by atoms with Gasteiger partial charge in [0.25, 0.3) is 0 Å². The van der Waals surface area contributed by atoms with Crippen LogP contribution in [-0.4, -0.2) is 35.7 Å². The largest absolute Gasteiger partial charge is 0.500 e. The molecule has 0 aliphatic heterocycles. The Morgan fingerprint density at radius 3 is 1.95 bits per heavy atom. The SMILES string of the molecule is CO[Si](CCCN)(OC)OC1CCCCCCCC1. The fourth-order valence-electron chi connectivity index (χ4n) is 2.73. The summed E-state index contributed by atoms with van der Waals surface area (Å²) in [6.45, 7) is 0.662. The first kappa shape index (κ1) is 17.1. The minimum Gasteiger partial charge on any atom is -0.377 e. The monoisotopic (exact) mass is 289 g/mol. The first-order valence-electron chi connectivity index (χ1n) is 7.74. The van der Waals surface area contributed by atoms with Crippen LogP contribution < -0.4 is 5.73 Å². The Balaban J connectivity index is 2.53. The molecular formula is C14H31NO3Si. The van der Waals surface area contributed by atoms with Gasteiger partial charge in [0.05, 0.1) is 0 Å². The zero-order chi connectivity index (χ0) is 14.0. The number of nitrogens with two attached hydrogens (primary N) is 1. The summed E-state index contributed by atoms with van der Waals surface area (Å²) < 4.78 is 17.6. The van der Waals surface area contributed by atoms with Crippen LogP contribution in [0.25, 0.3) is 0 Å². The molecule has 5 heteroatoms. The minimum absolute atomic E-state index is 0.308. The van der Waals surface area contributed by atoms with Crippen molar-refractivity contribution >= 4 is 8.80 Å². The van der Waals surface area contributed by atoms with Crippen LogP contribution in [0.3, 0.4) is 0 Å². The van der Waals surface area contributed by atoms with Crippen molar-refractivity contribution in [2.24, 2.45) is 5.73 Å². The van der Waals surface area contributed by atoms with Gasteiger partial charge in [-0.05, 0) is 25.8 Å². The summed E-state index contributed by atoms with van der Waals surface area (Å²) in [5, 5.41) is 0. The molecule has 1 fully saturated rings. The van der Waals surface area contributed by atoms with Crippen molar-refractivity contribution in [3.8, 4) is 0 Å². The van der Waals surface area contributed by atoms with E-state index < -0.39 is 8.80 Å². The Hall–Kier alpha value is 0.0569. The maximum Gasteiger partial charge on any atom is 0.500 e. The summed E-state index contributed by atoms with van der Waals surface area (Å²) in [5.74, 6) is 0. The average molecular weight is 289 g/mol. The molecule has 0 bridgehead atoms. The highest BCUT2D eigenvalue weighted by Gasteiger charge is 2.40. The van der Waals surface area contributed by atoms with E-state index in [-0.39, 0.29) is 0 Å². The van der Waals surface area contributed by atoms with Crippen molar-refractivity contribution in [2.75, 3.05) is 20.8 Å². The summed E-state index contributed by atoms with van der Waals surface area (Å²) in [7, 11) is 0.932. The lowest BCUT2D eigenvalue weighted by atomic mass is 10.1. The second-order valence-electron chi connectivity index (χ2n) is 5.42. The molecule has 0 atom stereocenters. The van der Waals surface area contributed by atoms with Crippen LogP contribution in [-0.2, 0) is 13.3 Å². The van der Waals surface area contributed by atoms with Gasteiger partial charge in [0.15, 0.2) is 0 Å². The molecule has 19 heavy (non-hydrogen) atoms. The molecule has 1 rings (SSSR count). The lowest BCUT2D eigenvalue weighted by Gasteiger charge is -2.31. The van der Waals surface area contributed by atoms with E-state index in [1.165, 1.54) is 38.5 Å². The van der Waals surface area contributed by atoms with Crippen molar-refractivity contribution in [2.45, 2.75) is 69.9 Å². The molecule has 0 amide bonds. The first-order chi connectivity index (χ1) is 9.26. The first-order valence-corrected chi connectivity index (χ1v) is 9.67. The van der Waals surface area contributed by atoms with E-state index in [1.807, 2.05) is 0 Å². The van der Waals surface area contributed by atoms with Crippen LogP contribution >= 0.6 is 0 Å². The normalized spacial score (nSPS) is 19.7. The summed E-state index contributed by atoms with van der Waals surface area (Å²) >= 11 is 0. The molecule has 0 unspecified atom stereocenters. The van der Waals surface area contributed by atoms with Crippen molar-refractivity contribution in [3.05, 3.63) is 0 Å². The molecule has 1 saturated carbocycles. The minimum atomic E-state index is -2.49. The Kier molecular flexibility index (Phi) is 8.90. The van der Waals surface area contributed by atoms with Crippen LogP contribution in [0.4, 0.5) is 0 Å². The van der Waals surface area contributed by atoms with Crippen LogP contribution in [0.15, 0.2) is 0 Å². The molecule has 0 aromatic carbocycles. The van der Waals surface area contributed by atoms with Gasteiger partial charge in [-0.1, -0.05) is 38.5 Å². The van der Waals surface area contributed by atoms with E-state index in [1.54, 1.807) is 14.2 Å². The molecule has 0 saturated heterocycles. The maximum absolute atomic E-state index is 6.31. The predicted octanol–water partition coefficient (Wildman–Crippen LogP) is 3.09. The highest BCUT2D eigenvalue weighted by molar-refractivity contribution is 6.60. The number of hydrogen-bond donors (Lipinski definition) is 1. The molecule has 0 aromatic heterocycles. The van der Waals surface area contributed by atoms with Gasteiger partial charge in [0, 0.05) is 26.4 Å². The van der Waals surface area contributed by atoms with E-state index in [2.05, 4.69) is 0 Å². The maximum atomic E-state index is 6.31. The quantitative estimate of drug-likeness (QED) is 0.732. The van der Waals surface area contributed by atoms with Gasteiger partial charge in [-0.3, -0.25) is 0 Å². The Morgan fingerprint density at radius 1 is 0.947 bits per heavy atom. The van der Waals surface area contributed by atoms with Gasteiger partial charge in [-0.15, -0.1) is 0 Å². The van der Waals surface area contributed by atoms with Crippen LogP contribution in [0.5, 0.6) is 0 Å².